The Morgan fingerprint density at radius 2 is 1.95 bits per heavy atom. The van der Waals surface area contributed by atoms with Gasteiger partial charge in [0.15, 0.2) is 0 Å². The van der Waals surface area contributed by atoms with Gasteiger partial charge >= 0.3 is 0 Å². The van der Waals surface area contributed by atoms with Crippen LogP contribution < -0.4 is 4.74 Å². The molecule has 0 bridgehead atoms. The summed E-state index contributed by atoms with van der Waals surface area (Å²) in [5, 5.41) is 10.7. The summed E-state index contributed by atoms with van der Waals surface area (Å²) in [6.45, 7) is 0.0147. The van der Waals surface area contributed by atoms with Gasteiger partial charge in [0.1, 0.15) is 5.75 Å². The predicted octanol–water partition coefficient (Wildman–Crippen LogP) is 4.07. The molecule has 96 valence electrons. The van der Waals surface area contributed by atoms with E-state index in [1.165, 1.54) is 10.1 Å². The minimum Gasteiger partial charge on any atom is -0.496 e. The Labute approximate surface area is 115 Å². The maximum atomic E-state index is 9.52. The van der Waals surface area contributed by atoms with Crippen LogP contribution in [0.25, 0.3) is 20.5 Å². The summed E-state index contributed by atoms with van der Waals surface area (Å²) in [7, 11) is 1.66. The lowest BCUT2D eigenvalue weighted by molar-refractivity contribution is 0.281. The SMILES string of the molecule is COc1cccc(CO)c1-c1cc2ccccc2s1. The Bertz CT molecular complexity index is 660. The minimum atomic E-state index is 0.0147. The van der Waals surface area contributed by atoms with Gasteiger partial charge in [-0.15, -0.1) is 11.3 Å². The van der Waals surface area contributed by atoms with E-state index in [9.17, 15) is 5.11 Å². The van der Waals surface area contributed by atoms with Crippen LogP contribution in [0.4, 0.5) is 0 Å². The first-order valence-electron chi connectivity index (χ1n) is 6.09. The summed E-state index contributed by atoms with van der Waals surface area (Å²) < 4.78 is 6.68. The van der Waals surface area contributed by atoms with E-state index >= 15 is 0 Å². The highest BCUT2D eigenvalue weighted by Crippen LogP contribution is 2.40. The van der Waals surface area contributed by atoms with E-state index in [1.807, 2.05) is 30.3 Å². The lowest BCUT2D eigenvalue weighted by Gasteiger charge is -2.10. The zero-order valence-corrected chi connectivity index (χ0v) is 11.4. The third-order valence-electron chi connectivity index (χ3n) is 3.17. The summed E-state index contributed by atoms with van der Waals surface area (Å²) in [6, 6.07) is 16.2. The van der Waals surface area contributed by atoms with Gasteiger partial charge in [0.25, 0.3) is 0 Å². The number of aliphatic hydroxyl groups is 1. The first-order valence-corrected chi connectivity index (χ1v) is 6.91. The first-order chi connectivity index (χ1) is 9.33. The molecule has 3 aromatic rings. The van der Waals surface area contributed by atoms with Crippen LogP contribution in [0.3, 0.4) is 0 Å². The number of aliphatic hydroxyl groups excluding tert-OH is 1. The van der Waals surface area contributed by atoms with Crippen molar-refractivity contribution in [3.8, 4) is 16.2 Å². The average Bonchev–Trinajstić information content (AvgIpc) is 2.89. The fraction of sp³-hybridized carbons (Fsp3) is 0.125. The molecule has 0 unspecified atom stereocenters. The van der Waals surface area contributed by atoms with Gasteiger partial charge in [0.2, 0.25) is 0 Å². The van der Waals surface area contributed by atoms with Gasteiger partial charge in [-0.1, -0.05) is 30.3 Å². The van der Waals surface area contributed by atoms with Crippen molar-refractivity contribution in [3.05, 3.63) is 54.1 Å². The molecule has 0 atom stereocenters. The summed E-state index contributed by atoms with van der Waals surface area (Å²) in [4.78, 5) is 1.13. The standard InChI is InChI=1S/C16H14O2S/c1-18-13-7-4-6-12(10-17)16(13)15-9-11-5-2-3-8-14(11)19-15/h2-9,17H,10H2,1H3. The Balaban J connectivity index is 2.25. The van der Waals surface area contributed by atoms with Crippen molar-refractivity contribution >= 4 is 21.4 Å². The molecule has 0 aliphatic rings. The second-order valence-electron chi connectivity index (χ2n) is 4.30. The Kier molecular flexibility index (Phi) is 3.23. The van der Waals surface area contributed by atoms with Crippen LogP contribution in [0, 0.1) is 0 Å². The van der Waals surface area contributed by atoms with Crippen molar-refractivity contribution in [1.29, 1.82) is 0 Å². The first kappa shape index (κ1) is 12.2. The number of thiophene rings is 1. The van der Waals surface area contributed by atoms with Crippen LogP contribution in [-0.4, -0.2) is 12.2 Å². The smallest absolute Gasteiger partial charge is 0.127 e. The fourth-order valence-corrected chi connectivity index (χ4v) is 3.41. The fourth-order valence-electron chi connectivity index (χ4n) is 2.26. The molecule has 1 aromatic heterocycles. The van der Waals surface area contributed by atoms with E-state index in [0.717, 1.165) is 21.8 Å². The van der Waals surface area contributed by atoms with Crippen molar-refractivity contribution in [2.75, 3.05) is 7.11 Å². The van der Waals surface area contributed by atoms with Crippen molar-refractivity contribution in [2.24, 2.45) is 0 Å². The van der Waals surface area contributed by atoms with Gasteiger partial charge < -0.3 is 9.84 Å². The zero-order valence-electron chi connectivity index (χ0n) is 10.6. The van der Waals surface area contributed by atoms with Gasteiger partial charge in [-0.2, -0.15) is 0 Å². The number of fused-ring (bicyclic) bond motifs is 1. The third kappa shape index (κ3) is 2.11. The molecule has 0 fully saturated rings. The molecule has 2 nitrogen and oxygen atoms in total. The Morgan fingerprint density at radius 3 is 2.68 bits per heavy atom. The Morgan fingerprint density at radius 1 is 1.11 bits per heavy atom. The number of methoxy groups -OCH3 is 1. The number of ether oxygens (including phenoxy) is 1. The summed E-state index contributed by atoms with van der Waals surface area (Å²) in [5.74, 6) is 0.804. The molecule has 0 amide bonds. The summed E-state index contributed by atoms with van der Waals surface area (Å²) in [6.07, 6.45) is 0. The number of hydrogen-bond acceptors (Lipinski definition) is 3. The van der Waals surface area contributed by atoms with E-state index < -0.39 is 0 Å². The van der Waals surface area contributed by atoms with Gasteiger partial charge in [-0.3, -0.25) is 0 Å². The van der Waals surface area contributed by atoms with E-state index in [-0.39, 0.29) is 6.61 Å². The van der Waals surface area contributed by atoms with E-state index in [4.69, 9.17) is 4.74 Å². The van der Waals surface area contributed by atoms with E-state index in [0.29, 0.717) is 0 Å². The van der Waals surface area contributed by atoms with Crippen LogP contribution in [0.1, 0.15) is 5.56 Å². The topological polar surface area (TPSA) is 29.5 Å². The highest BCUT2D eigenvalue weighted by atomic mass is 32.1. The normalized spacial score (nSPS) is 10.8. The largest absolute Gasteiger partial charge is 0.496 e. The summed E-state index contributed by atoms with van der Waals surface area (Å²) >= 11 is 1.72. The highest BCUT2D eigenvalue weighted by molar-refractivity contribution is 7.22. The van der Waals surface area contributed by atoms with Gasteiger partial charge in [-0.25, -0.2) is 0 Å². The molecule has 0 radical (unpaired) electrons. The lowest BCUT2D eigenvalue weighted by Crippen LogP contribution is -1.92. The molecular formula is C16H14O2S. The molecule has 0 aliphatic carbocycles. The molecule has 1 heterocycles. The molecule has 0 aliphatic heterocycles. The van der Waals surface area contributed by atoms with Crippen LogP contribution in [0.2, 0.25) is 0 Å². The van der Waals surface area contributed by atoms with E-state index in [1.54, 1.807) is 18.4 Å². The van der Waals surface area contributed by atoms with Crippen LogP contribution in [0.15, 0.2) is 48.5 Å². The number of benzene rings is 2. The van der Waals surface area contributed by atoms with Crippen LogP contribution >= 0.6 is 11.3 Å². The van der Waals surface area contributed by atoms with Crippen LogP contribution in [-0.2, 0) is 6.61 Å². The third-order valence-corrected chi connectivity index (χ3v) is 4.31. The van der Waals surface area contributed by atoms with Gasteiger partial charge in [0.05, 0.1) is 13.7 Å². The van der Waals surface area contributed by atoms with Gasteiger partial charge in [0, 0.05) is 15.1 Å². The van der Waals surface area contributed by atoms with Crippen LogP contribution in [0.5, 0.6) is 5.75 Å². The molecular weight excluding hydrogens is 256 g/mol. The average molecular weight is 270 g/mol. The van der Waals surface area contributed by atoms with Crippen molar-refractivity contribution in [2.45, 2.75) is 6.61 Å². The summed E-state index contributed by atoms with van der Waals surface area (Å²) in [5.41, 5.74) is 1.89. The minimum absolute atomic E-state index is 0.0147. The quantitative estimate of drug-likeness (QED) is 0.777. The maximum absolute atomic E-state index is 9.52. The van der Waals surface area contributed by atoms with Crippen molar-refractivity contribution < 1.29 is 9.84 Å². The predicted molar refractivity (Wildman–Crippen MR) is 79.7 cm³/mol. The second-order valence-corrected chi connectivity index (χ2v) is 5.38. The molecule has 3 heteroatoms. The zero-order chi connectivity index (χ0) is 13.2. The molecule has 0 saturated carbocycles. The number of hydrogen-bond donors (Lipinski definition) is 1. The molecule has 1 N–H and O–H groups in total. The van der Waals surface area contributed by atoms with E-state index in [2.05, 4.69) is 18.2 Å². The van der Waals surface area contributed by atoms with Crippen molar-refractivity contribution in [1.82, 2.24) is 0 Å². The highest BCUT2D eigenvalue weighted by Gasteiger charge is 2.13. The molecule has 19 heavy (non-hydrogen) atoms. The number of rotatable bonds is 3. The van der Waals surface area contributed by atoms with Crippen molar-refractivity contribution in [3.63, 3.8) is 0 Å². The molecule has 3 rings (SSSR count). The second kappa shape index (κ2) is 5.03. The monoisotopic (exact) mass is 270 g/mol. The lowest BCUT2D eigenvalue weighted by atomic mass is 10.0. The molecule has 2 aromatic carbocycles. The molecule has 0 saturated heterocycles. The molecule has 0 spiro atoms. The maximum Gasteiger partial charge on any atom is 0.127 e. The Hall–Kier alpha value is -1.84. The van der Waals surface area contributed by atoms with Gasteiger partial charge in [-0.05, 0) is 29.1 Å².